The molecule has 0 spiro atoms. The quantitative estimate of drug-likeness (QED) is 0.906. The molecule has 2 amide bonds. The highest BCUT2D eigenvalue weighted by Crippen LogP contribution is 2.26. The van der Waals surface area contributed by atoms with E-state index in [4.69, 9.17) is 0 Å². The van der Waals surface area contributed by atoms with Gasteiger partial charge in [0.25, 0.3) is 0 Å². The molecule has 6 nitrogen and oxygen atoms in total. The fourth-order valence-electron chi connectivity index (χ4n) is 3.53. The van der Waals surface area contributed by atoms with Gasteiger partial charge in [-0.05, 0) is 25.3 Å². The summed E-state index contributed by atoms with van der Waals surface area (Å²) in [6.07, 6.45) is 1.37. The number of carbonyl (C=O) groups is 3. The highest BCUT2D eigenvalue weighted by atomic mass is 16.4. The van der Waals surface area contributed by atoms with Gasteiger partial charge in [0.1, 0.15) is 6.04 Å². The number of benzene rings is 1. The second-order valence-corrected chi connectivity index (χ2v) is 6.69. The van der Waals surface area contributed by atoms with Gasteiger partial charge in [-0.1, -0.05) is 29.8 Å². The zero-order chi connectivity index (χ0) is 17.3. The van der Waals surface area contributed by atoms with Crippen molar-refractivity contribution in [1.29, 1.82) is 0 Å². The van der Waals surface area contributed by atoms with Crippen molar-refractivity contribution >= 4 is 17.8 Å². The summed E-state index contributed by atoms with van der Waals surface area (Å²) < 4.78 is 0. The Kier molecular flexibility index (Phi) is 4.55. The van der Waals surface area contributed by atoms with Gasteiger partial charge in [-0.3, -0.25) is 9.59 Å². The molecular formula is C18H22N2O4. The highest BCUT2D eigenvalue weighted by Gasteiger charge is 2.41. The number of nitrogens with zero attached hydrogens (tertiary/aromatic N) is 2. The van der Waals surface area contributed by atoms with Crippen LogP contribution in [0.3, 0.4) is 0 Å². The number of rotatable bonds is 4. The minimum atomic E-state index is -0.957. The molecule has 0 aromatic heterocycles. The Bertz CT molecular complexity index is 655. The highest BCUT2D eigenvalue weighted by molar-refractivity contribution is 5.91. The average Bonchev–Trinajstić information content (AvgIpc) is 3.16. The maximum absolute atomic E-state index is 12.6. The smallest absolute Gasteiger partial charge is 0.326 e. The summed E-state index contributed by atoms with van der Waals surface area (Å²) in [5.74, 6) is -1.62. The standard InChI is InChI=1S/C18H22N2O4/c1-12-4-6-13(7-5-12)10-19-11-14(9-16(19)21)17(22)20-8-2-3-15(20)18(23)24/h4-7,14-15H,2-3,8-11H2,1H3,(H,23,24). The molecule has 0 saturated carbocycles. The second kappa shape index (κ2) is 6.63. The number of hydrogen-bond acceptors (Lipinski definition) is 3. The molecule has 2 aliphatic rings. The van der Waals surface area contributed by atoms with Crippen LogP contribution < -0.4 is 0 Å². The first-order chi connectivity index (χ1) is 11.5. The molecule has 2 heterocycles. The number of carboxylic acid groups (broad SMARTS) is 1. The molecule has 128 valence electrons. The molecule has 1 aromatic carbocycles. The van der Waals surface area contributed by atoms with Crippen LogP contribution in [0.2, 0.25) is 0 Å². The third kappa shape index (κ3) is 3.27. The van der Waals surface area contributed by atoms with E-state index in [0.717, 1.165) is 11.1 Å². The normalized spacial score (nSPS) is 23.8. The molecule has 0 bridgehead atoms. The molecule has 6 heteroatoms. The van der Waals surface area contributed by atoms with Crippen LogP contribution >= 0.6 is 0 Å². The van der Waals surface area contributed by atoms with Crippen LogP contribution in [0.15, 0.2) is 24.3 Å². The molecule has 1 N–H and O–H groups in total. The van der Waals surface area contributed by atoms with E-state index in [1.54, 1.807) is 4.90 Å². The molecule has 3 rings (SSSR count). The maximum atomic E-state index is 12.6. The van der Waals surface area contributed by atoms with Crippen molar-refractivity contribution in [3.63, 3.8) is 0 Å². The fourth-order valence-corrected chi connectivity index (χ4v) is 3.53. The van der Waals surface area contributed by atoms with Crippen molar-refractivity contribution in [2.24, 2.45) is 5.92 Å². The summed E-state index contributed by atoms with van der Waals surface area (Å²) in [6.45, 7) is 3.34. The third-order valence-electron chi connectivity index (χ3n) is 4.88. The summed E-state index contributed by atoms with van der Waals surface area (Å²) in [5, 5.41) is 9.23. The van der Waals surface area contributed by atoms with E-state index in [-0.39, 0.29) is 18.2 Å². The van der Waals surface area contributed by atoms with Gasteiger partial charge in [0.15, 0.2) is 0 Å². The van der Waals surface area contributed by atoms with E-state index in [1.165, 1.54) is 4.90 Å². The lowest BCUT2D eigenvalue weighted by molar-refractivity contribution is -0.149. The first-order valence-corrected chi connectivity index (χ1v) is 8.32. The molecule has 2 atom stereocenters. The van der Waals surface area contributed by atoms with E-state index >= 15 is 0 Å². The van der Waals surface area contributed by atoms with Gasteiger partial charge in [0, 0.05) is 26.1 Å². The molecule has 2 fully saturated rings. The van der Waals surface area contributed by atoms with E-state index in [1.807, 2.05) is 31.2 Å². The SMILES string of the molecule is Cc1ccc(CN2CC(C(=O)N3CCCC3C(=O)O)CC2=O)cc1. The van der Waals surface area contributed by atoms with Crippen LogP contribution in [0.4, 0.5) is 0 Å². The van der Waals surface area contributed by atoms with Gasteiger partial charge in [-0.25, -0.2) is 4.79 Å². The number of aliphatic carboxylic acids is 1. The van der Waals surface area contributed by atoms with Crippen LogP contribution in [-0.2, 0) is 20.9 Å². The van der Waals surface area contributed by atoms with Crippen molar-refractivity contribution in [3.05, 3.63) is 35.4 Å². The van der Waals surface area contributed by atoms with E-state index in [0.29, 0.717) is 32.5 Å². The monoisotopic (exact) mass is 330 g/mol. The lowest BCUT2D eigenvalue weighted by atomic mass is 10.1. The summed E-state index contributed by atoms with van der Waals surface area (Å²) in [6, 6.07) is 7.23. The summed E-state index contributed by atoms with van der Waals surface area (Å²) in [4.78, 5) is 39.3. The van der Waals surface area contributed by atoms with Crippen LogP contribution in [0.1, 0.15) is 30.4 Å². The Labute approximate surface area is 141 Å². The summed E-state index contributed by atoms with van der Waals surface area (Å²) in [5.41, 5.74) is 2.19. The minimum absolute atomic E-state index is 0.0417. The Morgan fingerprint density at radius 3 is 2.62 bits per heavy atom. The first kappa shape index (κ1) is 16.5. The van der Waals surface area contributed by atoms with Crippen molar-refractivity contribution < 1.29 is 19.5 Å². The summed E-state index contributed by atoms with van der Waals surface area (Å²) >= 11 is 0. The van der Waals surface area contributed by atoms with Gasteiger partial charge in [0.05, 0.1) is 5.92 Å². The van der Waals surface area contributed by atoms with Gasteiger partial charge >= 0.3 is 5.97 Å². The number of carbonyl (C=O) groups excluding carboxylic acids is 2. The molecule has 2 unspecified atom stereocenters. The topological polar surface area (TPSA) is 77.9 Å². The number of carboxylic acids is 1. The first-order valence-electron chi connectivity index (χ1n) is 8.32. The predicted octanol–water partition coefficient (Wildman–Crippen LogP) is 1.42. The van der Waals surface area contributed by atoms with E-state index < -0.39 is 17.9 Å². The zero-order valence-corrected chi connectivity index (χ0v) is 13.8. The van der Waals surface area contributed by atoms with Gasteiger partial charge < -0.3 is 14.9 Å². The van der Waals surface area contributed by atoms with E-state index in [2.05, 4.69) is 0 Å². The largest absolute Gasteiger partial charge is 0.480 e. The number of likely N-dealkylation sites (tertiary alicyclic amines) is 2. The maximum Gasteiger partial charge on any atom is 0.326 e. The Morgan fingerprint density at radius 2 is 1.96 bits per heavy atom. The van der Waals surface area contributed by atoms with Crippen molar-refractivity contribution in [3.8, 4) is 0 Å². The summed E-state index contributed by atoms with van der Waals surface area (Å²) in [7, 11) is 0. The third-order valence-corrected chi connectivity index (χ3v) is 4.88. The number of aryl methyl sites for hydroxylation is 1. The average molecular weight is 330 g/mol. The second-order valence-electron chi connectivity index (χ2n) is 6.69. The van der Waals surface area contributed by atoms with Gasteiger partial charge in [-0.15, -0.1) is 0 Å². The fraction of sp³-hybridized carbons (Fsp3) is 0.500. The van der Waals surface area contributed by atoms with Crippen LogP contribution in [-0.4, -0.2) is 51.8 Å². The Balaban J connectivity index is 1.64. The lowest BCUT2D eigenvalue weighted by Crippen LogP contribution is -2.44. The van der Waals surface area contributed by atoms with E-state index in [9.17, 15) is 19.5 Å². The molecule has 2 saturated heterocycles. The molecular weight excluding hydrogens is 308 g/mol. The van der Waals surface area contributed by atoms with Crippen molar-refractivity contribution in [2.75, 3.05) is 13.1 Å². The van der Waals surface area contributed by atoms with Crippen LogP contribution in [0.5, 0.6) is 0 Å². The van der Waals surface area contributed by atoms with Crippen molar-refractivity contribution in [2.45, 2.75) is 38.8 Å². The van der Waals surface area contributed by atoms with Gasteiger partial charge in [-0.2, -0.15) is 0 Å². The van der Waals surface area contributed by atoms with Crippen LogP contribution in [0, 0.1) is 12.8 Å². The Hall–Kier alpha value is -2.37. The number of hydrogen-bond donors (Lipinski definition) is 1. The lowest BCUT2D eigenvalue weighted by Gasteiger charge is -2.24. The minimum Gasteiger partial charge on any atom is -0.480 e. The molecule has 0 aliphatic carbocycles. The molecule has 1 aromatic rings. The zero-order valence-electron chi connectivity index (χ0n) is 13.8. The molecule has 0 radical (unpaired) electrons. The molecule has 2 aliphatic heterocycles. The van der Waals surface area contributed by atoms with Crippen LogP contribution in [0.25, 0.3) is 0 Å². The molecule has 24 heavy (non-hydrogen) atoms. The van der Waals surface area contributed by atoms with Crippen molar-refractivity contribution in [1.82, 2.24) is 9.80 Å². The Morgan fingerprint density at radius 1 is 1.25 bits per heavy atom. The number of amides is 2. The predicted molar refractivity (Wildman–Crippen MR) is 87.1 cm³/mol. The van der Waals surface area contributed by atoms with Gasteiger partial charge in [0.2, 0.25) is 11.8 Å².